The molecule has 0 fully saturated rings. The van der Waals surface area contributed by atoms with E-state index in [4.69, 9.17) is 9.84 Å². The van der Waals surface area contributed by atoms with Gasteiger partial charge in [-0.05, 0) is 31.9 Å². The number of carbonyl (C=O) groups excluding carboxylic acids is 1. The molecule has 1 aromatic carbocycles. The van der Waals surface area contributed by atoms with Crippen molar-refractivity contribution in [2.75, 3.05) is 0 Å². The molecule has 1 unspecified atom stereocenters. The summed E-state index contributed by atoms with van der Waals surface area (Å²) in [6, 6.07) is 4.71. The number of esters is 1. The fourth-order valence-corrected chi connectivity index (χ4v) is 1.90. The predicted octanol–water partition coefficient (Wildman–Crippen LogP) is 3.43. The number of hydrogen-bond acceptors (Lipinski definition) is 3. The van der Waals surface area contributed by atoms with E-state index in [1.165, 1.54) is 12.1 Å². The van der Waals surface area contributed by atoms with Crippen molar-refractivity contribution in [2.45, 2.75) is 46.1 Å². The van der Waals surface area contributed by atoms with E-state index in [2.05, 4.69) is 0 Å². The van der Waals surface area contributed by atoms with Gasteiger partial charge in [-0.15, -0.1) is 0 Å². The van der Waals surface area contributed by atoms with Crippen LogP contribution in [-0.4, -0.2) is 23.1 Å². The summed E-state index contributed by atoms with van der Waals surface area (Å²) in [4.78, 5) is 23.2. The highest BCUT2D eigenvalue weighted by molar-refractivity contribution is 6.02. The Labute approximate surface area is 113 Å². The maximum atomic E-state index is 12.0. The number of carbonyl (C=O) groups is 2. The van der Waals surface area contributed by atoms with Gasteiger partial charge < -0.3 is 9.84 Å². The Morgan fingerprint density at radius 1 is 1.26 bits per heavy atom. The average Bonchev–Trinajstić information content (AvgIpc) is 2.37. The van der Waals surface area contributed by atoms with E-state index >= 15 is 0 Å². The second-order valence-corrected chi connectivity index (χ2v) is 4.58. The molecule has 4 heteroatoms. The van der Waals surface area contributed by atoms with Gasteiger partial charge in [-0.1, -0.05) is 31.9 Å². The molecule has 0 aliphatic carbocycles. The molecule has 0 saturated carbocycles. The van der Waals surface area contributed by atoms with Crippen molar-refractivity contribution in [1.82, 2.24) is 0 Å². The summed E-state index contributed by atoms with van der Waals surface area (Å²) in [6.07, 6.45) is 2.29. The molecule has 0 heterocycles. The van der Waals surface area contributed by atoms with Crippen LogP contribution < -0.4 is 0 Å². The van der Waals surface area contributed by atoms with E-state index in [9.17, 15) is 9.59 Å². The molecule has 1 aromatic rings. The number of aryl methyl sites for hydroxylation is 1. The standard InChI is InChI=1S/C15H20O4/c1-4-6-11(5-2)19-15(18)12-8-7-10(3)9-13(12)14(16)17/h7-9,11H,4-6H2,1-3H3,(H,16,17). The summed E-state index contributed by atoms with van der Waals surface area (Å²) in [6.45, 7) is 5.75. The topological polar surface area (TPSA) is 63.6 Å². The Morgan fingerprint density at radius 3 is 2.47 bits per heavy atom. The predicted molar refractivity (Wildman–Crippen MR) is 72.5 cm³/mol. The molecular formula is C15H20O4. The first-order valence-electron chi connectivity index (χ1n) is 6.54. The van der Waals surface area contributed by atoms with E-state index in [1.54, 1.807) is 13.0 Å². The maximum Gasteiger partial charge on any atom is 0.339 e. The summed E-state index contributed by atoms with van der Waals surface area (Å²) < 4.78 is 5.35. The number of hydrogen-bond donors (Lipinski definition) is 1. The third-order valence-corrected chi connectivity index (χ3v) is 2.97. The van der Waals surface area contributed by atoms with Crippen molar-refractivity contribution >= 4 is 11.9 Å². The molecule has 0 radical (unpaired) electrons. The van der Waals surface area contributed by atoms with Gasteiger partial charge in [0.05, 0.1) is 11.1 Å². The van der Waals surface area contributed by atoms with E-state index in [0.29, 0.717) is 0 Å². The van der Waals surface area contributed by atoms with Gasteiger partial charge in [0.15, 0.2) is 0 Å². The van der Waals surface area contributed by atoms with Crippen molar-refractivity contribution in [3.05, 3.63) is 34.9 Å². The minimum absolute atomic E-state index is 0.00338. The molecule has 19 heavy (non-hydrogen) atoms. The van der Waals surface area contributed by atoms with Crippen LogP contribution in [0.15, 0.2) is 18.2 Å². The molecule has 0 amide bonds. The zero-order valence-corrected chi connectivity index (χ0v) is 11.6. The summed E-state index contributed by atoms with van der Waals surface area (Å²) in [7, 11) is 0. The minimum Gasteiger partial charge on any atom is -0.478 e. The van der Waals surface area contributed by atoms with Crippen molar-refractivity contribution in [2.24, 2.45) is 0 Å². The fourth-order valence-electron chi connectivity index (χ4n) is 1.90. The maximum absolute atomic E-state index is 12.0. The van der Waals surface area contributed by atoms with Gasteiger partial charge in [-0.25, -0.2) is 9.59 Å². The van der Waals surface area contributed by atoms with Crippen LogP contribution in [0, 0.1) is 6.92 Å². The smallest absolute Gasteiger partial charge is 0.339 e. The highest BCUT2D eigenvalue weighted by Gasteiger charge is 2.20. The second-order valence-electron chi connectivity index (χ2n) is 4.58. The molecule has 1 N–H and O–H groups in total. The first-order chi connectivity index (χ1) is 8.99. The van der Waals surface area contributed by atoms with Crippen molar-refractivity contribution in [1.29, 1.82) is 0 Å². The van der Waals surface area contributed by atoms with E-state index in [1.807, 2.05) is 13.8 Å². The third-order valence-electron chi connectivity index (χ3n) is 2.97. The molecule has 4 nitrogen and oxygen atoms in total. The molecule has 1 atom stereocenters. The molecule has 0 aliphatic heterocycles. The van der Waals surface area contributed by atoms with Gasteiger partial charge in [0, 0.05) is 0 Å². The Hall–Kier alpha value is -1.84. The number of benzene rings is 1. The van der Waals surface area contributed by atoms with Gasteiger partial charge in [-0.2, -0.15) is 0 Å². The Kier molecular flexibility index (Phi) is 5.55. The van der Waals surface area contributed by atoms with Crippen molar-refractivity contribution in [3.8, 4) is 0 Å². The molecule has 0 bridgehead atoms. The first-order valence-corrected chi connectivity index (χ1v) is 6.54. The van der Waals surface area contributed by atoms with E-state index in [0.717, 1.165) is 24.8 Å². The van der Waals surface area contributed by atoms with Crippen LogP contribution in [0.25, 0.3) is 0 Å². The van der Waals surface area contributed by atoms with Crippen LogP contribution in [-0.2, 0) is 4.74 Å². The highest BCUT2D eigenvalue weighted by atomic mass is 16.5. The molecule has 1 rings (SSSR count). The monoisotopic (exact) mass is 264 g/mol. The van der Waals surface area contributed by atoms with Crippen LogP contribution in [0.5, 0.6) is 0 Å². The number of ether oxygens (including phenoxy) is 1. The highest BCUT2D eigenvalue weighted by Crippen LogP contribution is 2.16. The van der Waals surface area contributed by atoms with Gasteiger partial charge in [0.1, 0.15) is 6.10 Å². The molecule has 0 spiro atoms. The second kappa shape index (κ2) is 6.92. The largest absolute Gasteiger partial charge is 0.478 e. The Balaban J connectivity index is 2.96. The summed E-state index contributed by atoms with van der Waals surface area (Å²) in [5, 5.41) is 9.13. The minimum atomic E-state index is -1.11. The number of carboxylic acid groups (broad SMARTS) is 1. The molecular weight excluding hydrogens is 244 g/mol. The van der Waals surface area contributed by atoms with Crippen LogP contribution in [0.1, 0.15) is 59.4 Å². The third kappa shape index (κ3) is 4.09. The van der Waals surface area contributed by atoms with Crippen molar-refractivity contribution < 1.29 is 19.4 Å². The number of carboxylic acids is 1. The Morgan fingerprint density at radius 2 is 1.95 bits per heavy atom. The van der Waals surface area contributed by atoms with Gasteiger partial charge in [0.2, 0.25) is 0 Å². The van der Waals surface area contributed by atoms with Gasteiger partial charge in [0.25, 0.3) is 0 Å². The average molecular weight is 264 g/mol. The quantitative estimate of drug-likeness (QED) is 0.799. The zero-order valence-electron chi connectivity index (χ0n) is 11.6. The lowest BCUT2D eigenvalue weighted by Gasteiger charge is -2.16. The lowest BCUT2D eigenvalue weighted by atomic mass is 10.0. The van der Waals surface area contributed by atoms with Crippen molar-refractivity contribution in [3.63, 3.8) is 0 Å². The Bertz CT molecular complexity index is 465. The fraction of sp³-hybridized carbons (Fsp3) is 0.467. The SMILES string of the molecule is CCCC(CC)OC(=O)c1ccc(C)cc1C(=O)O. The number of rotatable bonds is 6. The summed E-state index contributed by atoms with van der Waals surface area (Å²) in [5.41, 5.74) is 0.915. The molecule has 0 aliphatic rings. The molecule has 104 valence electrons. The molecule has 0 aromatic heterocycles. The van der Waals surface area contributed by atoms with Crippen LogP contribution in [0.2, 0.25) is 0 Å². The number of aromatic carboxylic acids is 1. The van der Waals surface area contributed by atoms with Gasteiger partial charge in [-0.3, -0.25) is 0 Å². The summed E-state index contributed by atoms with van der Waals surface area (Å²) >= 11 is 0. The van der Waals surface area contributed by atoms with E-state index in [-0.39, 0.29) is 17.2 Å². The van der Waals surface area contributed by atoms with Crippen LogP contribution in [0.3, 0.4) is 0 Å². The summed E-state index contributed by atoms with van der Waals surface area (Å²) in [5.74, 6) is -1.67. The lowest BCUT2D eigenvalue weighted by Crippen LogP contribution is -2.19. The van der Waals surface area contributed by atoms with Crippen LogP contribution >= 0.6 is 0 Å². The molecule has 0 saturated heterocycles. The van der Waals surface area contributed by atoms with Gasteiger partial charge >= 0.3 is 11.9 Å². The first kappa shape index (κ1) is 15.2. The lowest BCUT2D eigenvalue weighted by molar-refractivity contribution is 0.0266. The normalized spacial score (nSPS) is 11.9. The van der Waals surface area contributed by atoms with Crippen LogP contribution in [0.4, 0.5) is 0 Å². The zero-order chi connectivity index (χ0) is 14.4. The van der Waals surface area contributed by atoms with E-state index < -0.39 is 11.9 Å².